The van der Waals surface area contributed by atoms with E-state index in [0.717, 1.165) is 36.1 Å². The smallest absolute Gasteiger partial charge is 0.193 e. The Hall–Kier alpha value is -1.22. The molecule has 0 saturated carbocycles. The largest absolute Gasteiger partial charge is 0.497 e. The van der Waals surface area contributed by atoms with Crippen LogP contribution in [0.1, 0.15) is 31.7 Å². The highest BCUT2D eigenvalue weighted by molar-refractivity contribution is 14.0. The number of piperidine rings is 1. The first-order valence-electron chi connectivity index (χ1n) is 9.92. The molecule has 28 heavy (non-hydrogen) atoms. The Morgan fingerprint density at radius 1 is 1.21 bits per heavy atom. The minimum atomic E-state index is 0. The second kappa shape index (κ2) is 13.1. The predicted octanol–water partition coefficient (Wildman–Crippen LogP) is 3.45. The van der Waals surface area contributed by atoms with Gasteiger partial charge in [-0.2, -0.15) is 0 Å². The predicted molar refractivity (Wildman–Crippen MR) is 127 cm³/mol. The van der Waals surface area contributed by atoms with Crippen LogP contribution in [0.3, 0.4) is 0 Å². The van der Waals surface area contributed by atoms with Crippen LogP contribution in [0.15, 0.2) is 23.2 Å². The van der Waals surface area contributed by atoms with Crippen LogP contribution < -0.4 is 14.8 Å². The van der Waals surface area contributed by atoms with Gasteiger partial charge >= 0.3 is 0 Å². The zero-order chi connectivity index (χ0) is 19.6. The summed E-state index contributed by atoms with van der Waals surface area (Å²) in [5.74, 6) is 3.12. The Balaban J connectivity index is 0.00000392. The van der Waals surface area contributed by atoms with Crippen LogP contribution in [0.2, 0.25) is 0 Å². The first kappa shape index (κ1) is 24.8. The number of ether oxygens (including phenoxy) is 2. The molecule has 6 nitrogen and oxygen atoms in total. The van der Waals surface area contributed by atoms with Crippen molar-refractivity contribution in [1.29, 1.82) is 0 Å². The summed E-state index contributed by atoms with van der Waals surface area (Å²) in [5, 5.41) is 3.52. The summed E-state index contributed by atoms with van der Waals surface area (Å²) >= 11 is 0. The van der Waals surface area contributed by atoms with Gasteiger partial charge in [0.05, 0.1) is 14.2 Å². The number of nitrogens with one attached hydrogen (secondary N) is 1. The fraction of sp³-hybridized carbons (Fsp3) is 0.667. The fourth-order valence-corrected chi connectivity index (χ4v) is 3.61. The van der Waals surface area contributed by atoms with Crippen LogP contribution in [-0.2, 0) is 6.54 Å². The zero-order valence-corrected chi connectivity index (χ0v) is 20.4. The van der Waals surface area contributed by atoms with Crippen LogP contribution in [0.5, 0.6) is 11.5 Å². The van der Waals surface area contributed by atoms with Crippen LogP contribution in [0.4, 0.5) is 0 Å². The van der Waals surface area contributed by atoms with Crippen LogP contribution >= 0.6 is 24.0 Å². The monoisotopic (exact) mass is 504 g/mol. The second-order valence-electron chi connectivity index (χ2n) is 7.43. The number of hydrogen-bond donors (Lipinski definition) is 1. The summed E-state index contributed by atoms with van der Waals surface area (Å²) in [6.07, 6.45) is 4.07. The molecule has 0 amide bonds. The summed E-state index contributed by atoms with van der Waals surface area (Å²) in [6.45, 7) is 7.59. The molecule has 1 aliphatic rings. The topological polar surface area (TPSA) is 49.3 Å². The van der Waals surface area contributed by atoms with Gasteiger partial charge in [-0.1, -0.05) is 13.3 Å². The Morgan fingerprint density at radius 2 is 1.93 bits per heavy atom. The van der Waals surface area contributed by atoms with Crippen molar-refractivity contribution in [2.75, 3.05) is 54.5 Å². The third kappa shape index (κ3) is 7.66. The zero-order valence-electron chi connectivity index (χ0n) is 18.0. The van der Waals surface area contributed by atoms with Gasteiger partial charge in [0.1, 0.15) is 11.5 Å². The van der Waals surface area contributed by atoms with Crippen molar-refractivity contribution < 1.29 is 9.47 Å². The minimum Gasteiger partial charge on any atom is -0.497 e. The van der Waals surface area contributed by atoms with Crippen molar-refractivity contribution in [1.82, 2.24) is 15.1 Å². The van der Waals surface area contributed by atoms with Crippen molar-refractivity contribution in [3.8, 4) is 11.5 Å². The van der Waals surface area contributed by atoms with Crippen LogP contribution in [-0.4, -0.2) is 70.3 Å². The molecule has 0 radical (unpaired) electrons. The molecule has 160 valence electrons. The highest BCUT2D eigenvalue weighted by Gasteiger charge is 2.15. The summed E-state index contributed by atoms with van der Waals surface area (Å²) < 4.78 is 10.8. The Labute approximate surface area is 187 Å². The Morgan fingerprint density at radius 3 is 2.54 bits per heavy atom. The van der Waals surface area contributed by atoms with E-state index >= 15 is 0 Å². The van der Waals surface area contributed by atoms with Gasteiger partial charge in [0.25, 0.3) is 0 Å². The molecule has 7 heteroatoms. The minimum absolute atomic E-state index is 0. The third-order valence-electron chi connectivity index (χ3n) is 5.10. The number of aliphatic imine (C=N–C) groups is 1. The van der Waals surface area contributed by atoms with Gasteiger partial charge in [-0.15, -0.1) is 24.0 Å². The molecule has 2 rings (SSSR count). The highest BCUT2D eigenvalue weighted by atomic mass is 127. The molecular weight excluding hydrogens is 467 g/mol. The number of rotatable bonds is 8. The van der Waals surface area contributed by atoms with Gasteiger partial charge in [-0.25, -0.2) is 0 Å². The van der Waals surface area contributed by atoms with Crippen molar-refractivity contribution in [3.05, 3.63) is 23.8 Å². The maximum absolute atomic E-state index is 5.51. The molecule has 0 bridgehead atoms. The maximum atomic E-state index is 5.51. The third-order valence-corrected chi connectivity index (χ3v) is 5.10. The molecule has 0 aromatic heterocycles. The number of halogens is 1. The maximum Gasteiger partial charge on any atom is 0.193 e. The Bertz CT molecular complexity index is 606. The number of benzene rings is 1. The van der Waals surface area contributed by atoms with Crippen molar-refractivity contribution in [2.24, 2.45) is 10.9 Å². The molecule has 1 aliphatic heterocycles. The van der Waals surface area contributed by atoms with E-state index in [4.69, 9.17) is 9.47 Å². The molecule has 1 unspecified atom stereocenters. The van der Waals surface area contributed by atoms with Gasteiger partial charge in [-0.05, 0) is 44.0 Å². The number of nitrogens with zero attached hydrogens (tertiary/aromatic N) is 3. The van der Waals surface area contributed by atoms with Gasteiger partial charge in [0.15, 0.2) is 5.96 Å². The number of methoxy groups -OCH3 is 2. The first-order chi connectivity index (χ1) is 13.1. The van der Waals surface area contributed by atoms with Gasteiger partial charge in [0.2, 0.25) is 0 Å². The van der Waals surface area contributed by atoms with E-state index in [-0.39, 0.29) is 24.0 Å². The van der Waals surface area contributed by atoms with Gasteiger partial charge < -0.3 is 24.6 Å². The molecule has 1 fully saturated rings. The lowest BCUT2D eigenvalue weighted by Crippen LogP contribution is -2.43. The summed E-state index contributed by atoms with van der Waals surface area (Å²) in [7, 11) is 7.23. The van der Waals surface area contributed by atoms with E-state index in [9.17, 15) is 0 Å². The lowest BCUT2D eigenvalue weighted by Gasteiger charge is -2.30. The van der Waals surface area contributed by atoms with E-state index in [1.165, 1.54) is 32.4 Å². The average molecular weight is 504 g/mol. The van der Waals surface area contributed by atoms with E-state index in [2.05, 4.69) is 27.0 Å². The summed E-state index contributed by atoms with van der Waals surface area (Å²) in [4.78, 5) is 9.16. The normalized spacial score (nSPS) is 16.1. The van der Waals surface area contributed by atoms with Gasteiger partial charge in [-0.3, -0.25) is 4.99 Å². The van der Waals surface area contributed by atoms with Gasteiger partial charge in [0, 0.05) is 45.4 Å². The first-order valence-corrected chi connectivity index (χ1v) is 9.92. The summed E-state index contributed by atoms with van der Waals surface area (Å²) in [6, 6.07) is 5.92. The Kier molecular flexibility index (Phi) is 11.6. The SMILES string of the molecule is CN=C(NCC(C)CN1CCCCC1)N(C)Cc1ccc(OC)cc1OC.I. The fourth-order valence-electron chi connectivity index (χ4n) is 3.61. The molecule has 1 aromatic rings. The quantitative estimate of drug-likeness (QED) is 0.334. The number of likely N-dealkylation sites (tertiary alicyclic amines) is 1. The summed E-state index contributed by atoms with van der Waals surface area (Å²) in [5.41, 5.74) is 1.10. The van der Waals surface area contributed by atoms with E-state index in [1.807, 2.05) is 32.3 Å². The molecule has 1 saturated heterocycles. The highest BCUT2D eigenvalue weighted by Crippen LogP contribution is 2.25. The van der Waals surface area contributed by atoms with Crippen LogP contribution in [0, 0.1) is 5.92 Å². The van der Waals surface area contributed by atoms with Crippen LogP contribution in [0.25, 0.3) is 0 Å². The molecule has 0 aliphatic carbocycles. The van der Waals surface area contributed by atoms with Crippen molar-refractivity contribution in [3.63, 3.8) is 0 Å². The molecule has 1 heterocycles. The molecule has 0 spiro atoms. The molecule has 1 N–H and O–H groups in total. The van der Waals surface area contributed by atoms with E-state index in [0.29, 0.717) is 12.5 Å². The second-order valence-corrected chi connectivity index (χ2v) is 7.43. The van der Waals surface area contributed by atoms with Crippen molar-refractivity contribution >= 4 is 29.9 Å². The standard InChI is InChI=1S/C21H36N4O2.HI/c1-17(15-25-11-7-6-8-12-25)14-23-21(22-2)24(3)16-18-9-10-19(26-4)13-20(18)27-5;/h9-10,13,17H,6-8,11-12,14-16H2,1-5H3,(H,22,23);1H. The molecule has 1 atom stereocenters. The van der Waals surface area contributed by atoms with E-state index in [1.54, 1.807) is 14.2 Å². The lowest BCUT2D eigenvalue weighted by molar-refractivity contribution is 0.200. The lowest BCUT2D eigenvalue weighted by atomic mass is 10.1. The molecular formula is C21H37IN4O2. The van der Waals surface area contributed by atoms with E-state index < -0.39 is 0 Å². The number of guanidine groups is 1. The average Bonchev–Trinajstić information content (AvgIpc) is 2.69. The van der Waals surface area contributed by atoms with Crippen molar-refractivity contribution in [2.45, 2.75) is 32.7 Å². The number of hydrogen-bond acceptors (Lipinski definition) is 4. The molecule has 1 aromatic carbocycles.